The lowest BCUT2D eigenvalue weighted by molar-refractivity contribution is -0.136. The average molecular weight is 954 g/mol. The summed E-state index contributed by atoms with van der Waals surface area (Å²) in [6.07, 6.45) is 5.95. The number of aromatic hydroxyl groups is 1. The Hall–Kier alpha value is -7.17. The lowest BCUT2D eigenvalue weighted by atomic mass is 9.84. The predicted molar refractivity (Wildman–Crippen MR) is 257 cm³/mol. The van der Waals surface area contributed by atoms with Crippen molar-refractivity contribution in [3.05, 3.63) is 153 Å². The molecule has 2 heterocycles. The average Bonchev–Trinajstić information content (AvgIpc) is 3.58. The predicted octanol–water partition coefficient (Wildman–Crippen LogP) is 7.13. The molecule has 0 aromatic heterocycles. The molecule has 1 saturated heterocycles. The summed E-state index contributed by atoms with van der Waals surface area (Å²) in [4.78, 5) is 81.0. The van der Waals surface area contributed by atoms with E-state index in [0.29, 0.717) is 17.0 Å². The Bertz CT molecular complexity index is 2940. The summed E-state index contributed by atoms with van der Waals surface area (Å²) in [5.41, 5.74) is 5.99. The third kappa shape index (κ3) is 10.3. The lowest BCUT2D eigenvalue weighted by Crippen LogP contribution is -2.54. The Morgan fingerprint density at radius 2 is 1.48 bits per heavy atom. The van der Waals surface area contributed by atoms with Crippen LogP contribution in [0.3, 0.4) is 0 Å². The molecule has 1 saturated carbocycles. The van der Waals surface area contributed by atoms with Crippen LogP contribution in [-0.2, 0) is 44.1 Å². The quantitative estimate of drug-likeness (QED) is 0.0908. The van der Waals surface area contributed by atoms with Gasteiger partial charge in [0.1, 0.15) is 24.1 Å². The third-order valence-electron chi connectivity index (χ3n) is 13.2. The van der Waals surface area contributed by atoms with Gasteiger partial charge in [0.25, 0.3) is 17.7 Å². The number of ether oxygens (including phenoxy) is 1. The first kappa shape index (κ1) is 48.3. The fourth-order valence-electron chi connectivity index (χ4n) is 9.60. The summed E-state index contributed by atoms with van der Waals surface area (Å²) in [6.45, 7) is 5.09. The molecule has 2 fully saturated rings. The molecule has 358 valence electrons. The number of hydrogen-bond donors (Lipinski definition) is 3. The summed E-state index contributed by atoms with van der Waals surface area (Å²) in [6, 6.07) is 26.7. The van der Waals surface area contributed by atoms with Gasteiger partial charge in [-0.05, 0) is 104 Å². The van der Waals surface area contributed by atoms with Gasteiger partial charge in [-0.25, -0.2) is 8.42 Å². The van der Waals surface area contributed by atoms with Crippen LogP contribution >= 0.6 is 0 Å². The highest BCUT2D eigenvalue weighted by Crippen LogP contribution is 2.36. The molecule has 5 aromatic rings. The molecule has 6 amide bonds. The fraction of sp³-hybridized carbons (Fsp3) is 0.321. The van der Waals surface area contributed by atoms with E-state index < -0.39 is 58.1 Å². The van der Waals surface area contributed by atoms with Gasteiger partial charge in [0, 0.05) is 31.8 Å². The summed E-state index contributed by atoms with van der Waals surface area (Å²) >= 11 is 0. The van der Waals surface area contributed by atoms with Crippen LogP contribution < -0.4 is 20.3 Å². The van der Waals surface area contributed by atoms with Crippen LogP contribution in [0, 0.1) is 20.8 Å². The highest BCUT2D eigenvalue weighted by atomic mass is 32.2. The van der Waals surface area contributed by atoms with Crippen molar-refractivity contribution in [3.63, 3.8) is 0 Å². The van der Waals surface area contributed by atoms with Crippen molar-refractivity contribution in [1.82, 2.24) is 19.8 Å². The Labute approximate surface area is 401 Å². The number of benzene rings is 5. The second-order valence-corrected chi connectivity index (χ2v) is 20.1. The van der Waals surface area contributed by atoms with Crippen LogP contribution in [0.1, 0.15) is 121 Å². The second kappa shape index (κ2) is 20.2. The SMILES string of the molecule is Cc1cc(C)c(S(=O)(=O)N(C)CC(=O)N(Cc2ccc(C3CCCCC3)cc2)c2ccc(C(=O)NCc3ccc(COc4cccc5c4C(=O)N(C4CCC(=O)NC4=O)C5=O)cc3)c(O)c2)c(C)c1. The molecule has 3 aliphatic rings. The zero-order chi connectivity index (χ0) is 49.1. The minimum Gasteiger partial charge on any atom is -0.507 e. The zero-order valence-corrected chi connectivity index (χ0v) is 39.9. The highest BCUT2D eigenvalue weighted by molar-refractivity contribution is 7.89. The van der Waals surface area contributed by atoms with Crippen LogP contribution in [-0.4, -0.2) is 77.8 Å². The van der Waals surface area contributed by atoms with Crippen LogP contribution in [0.2, 0.25) is 0 Å². The number of hydrogen-bond acceptors (Lipinski definition) is 10. The van der Waals surface area contributed by atoms with E-state index in [4.69, 9.17) is 4.74 Å². The van der Waals surface area contributed by atoms with E-state index in [1.807, 2.05) is 19.1 Å². The molecule has 2 aliphatic heterocycles. The van der Waals surface area contributed by atoms with Gasteiger partial charge in [-0.15, -0.1) is 0 Å². The van der Waals surface area contributed by atoms with Gasteiger partial charge >= 0.3 is 0 Å². The number of nitrogens with one attached hydrogen (secondary N) is 2. The number of phenols is 1. The summed E-state index contributed by atoms with van der Waals surface area (Å²) in [5, 5.41) is 16.3. The molecule has 1 aliphatic carbocycles. The van der Waals surface area contributed by atoms with E-state index in [9.17, 15) is 42.3 Å². The molecule has 0 radical (unpaired) electrons. The van der Waals surface area contributed by atoms with Gasteiger partial charge in [-0.2, -0.15) is 4.31 Å². The smallest absolute Gasteiger partial charge is 0.266 e. The minimum absolute atomic E-state index is 0.00750. The number of rotatable bonds is 15. The number of nitrogens with zero attached hydrogens (tertiary/aromatic N) is 3. The van der Waals surface area contributed by atoms with Gasteiger partial charge < -0.3 is 20.1 Å². The number of fused-ring (bicyclic) bond motifs is 1. The number of sulfonamides is 1. The van der Waals surface area contributed by atoms with Gasteiger partial charge in [0.15, 0.2) is 0 Å². The van der Waals surface area contributed by atoms with Gasteiger partial charge in [-0.1, -0.05) is 91.6 Å². The maximum absolute atomic E-state index is 14.3. The molecule has 16 heteroatoms. The van der Waals surface area contributed by atoms with Crippen LogP contribution in [0.5, 0.6) is 11.5 Å². The molecular weight excluding hydrogens is 899 g/mol. The van der Waals surface area contributed by atoms with E-state index in [-0.39, 0.29) is 71.3 Å². The molecule has 5 aromatic carbocycles. The van der Waals surface area contributed by atoms with Crippen molar-refractivity contribution in [1.29, 1.82) is 0 Å². The van der Waals surface area contributed by atoms with Crippen molar-refractivity contribution in [2.24, 2.45) is 0 Å². The van der Waals surface area contributed by atoms with E-state index >= 15 is 0 Å². The number of carbonyl (C=O) groups excluding carboxylic acids is 6. The minimum atomic E-state index is -4.07. The Kier molecular flexibility index (Phi) is 14.1. The first-order chi connectivity index (χ1) is 33.0. The topological polar surface area (TPSA) is 200 Å². The number of carbonyl (C=O) groups is 6. The number of anilines is 1. The molecule has 0 bridgehead atoms. The normalized spacial score (nSPS) is 16.4. The van der Waals surface area contributed by atoms with Crippen molar-refractivity contribution in [2.75, 3.05) is 18.5 Å². The monoisotopic (exact) mass is 953 g/mol. The molecule has 0 spiro atoms. The van der Waals surface area contributed by atoms with Crippen molar-refractivity contribution >= 4 is 51.2 Å². The van der Waals surface area contributed by atoms with Gasteiger partial charge in [0.05, 0.1) is 34.7 Å². The zero-order valence-electron chi connectivity index (χ0n) is 39.0. The number of piperidine rings is 1. The molecule has 3 N–H and O–H groups in total. The largest absolute Gasteiger partial charge is 0.507 e. The van der Waals surface area contributed by atoms with E-state index in [2.05, 4.69) is 22.8 Å². The van der Waals surface area contributed by atoms with Gasteiger partial charge in [-0.3, -0.25) is 39.0 Å². The molecule has 69 heavy (non-hydrogen) atoms. The number of amides is 6. The standard InChI is InChI=1S/C53H55N5O10S/c1-32-25-33(2)49(34(3)26-32)69(66,67)56(4)30-47(61)57(29-36-17-19-39(20-18-36)38-9-6-5-7-10-38)40-21-22-41(44(59)27-40)50(62)54-28-35-13-15-37(16-14-35)31-68-45-12-8-11-42-48(45)53(65)58(52(42)64)43-23-24-46(60)55-51(43)63/h8,11-22,25-27,38,43,59H,5-7,9-10,23-24,28-31H2,1-4H3,(H,54,62)(H,55,60,63). The number of phenolic OH excluding ortho intramolecular Hbond substituents is 1. The third-order valence-corrected chi connectivity index (χ3v) is 15.3. The number of likely N-dealkylation sites (N-methyl/N-ethyl adjacent to an activating group) is 1. The van der Waals surface area contributed by atoms with E-state index in [0.717, 1.165) is 44.3 Å². The molecule has 1 atom stereocenters. The van der Waals surface area contributed by atoms with Crippen LogP contribution in [0.15, 0.2) is 102 Å². The molecule has 8 rings (SSSR count). The van der Waals surface area contributed by atoms with Crippen molar-refractivity contribution in [2.45, 2.75) is 102 Å². The maximum Gasteiger partial charge on any atom is 0.266 e. The van der Waals surface area contributed by atoms with E-state index in [1.54, 1.807) is 68.4 Å². The molecule has 1 unspecified atom stereocenters. The van der Waals surface area contributed by atoms with Crippen LogP contribution in [0.4, 0.5) is 5.69 Å². The van der Waals surface area contributed by atoms with Crippen molar-refractivity contribution in [3.8, 4) is 11.5 Å². The first-order valence-electron chi connectivity index (χ1n) is 23.1. The molecule has 15 nitrogen and oxygen atoms in total. The highest BCUT2D eigenvalue weighted by Gasteiger charge is 2.46. The maximum atomic E-state index is 14.3. The Balaban J connectivity index is 0.927. The summed E-state index contributed by atoms with van der Waals surface area (Å²) < 4.78 is 34.9. The lowest BCUT2D eigenvalue weighted by Gasteiger charge is -2.27. The van der Waals surface area contributed by atoms with Crippen molar-refractivity contribution < 1.29 is 47.0 Å². The number of imide groups is 2. The second-order valence-electron chi connectivity index (χ2n) is 18.2. The van der Waals surface area contributed by atoms with E-state index in [1.165, 1.54) is 55.0 Å². The number of aryl methyl sites for hydroxylation is 3. The Morgan fingerprint density at radius 3 is 2.14 bits per heavy atom. The Morgan fingerprint density at radius 1 is 0.812 bits per heavy atom. The van der Waals surface area contributed by atoms with Crippen LogP contribution in [0.25, 0.3) is 0 Å². The molecular formula is C53H55N5O10S. The first-order valence-corrected chi connectivity index (χ1v) is 24.5. The fourth-order valence-corrected chi connectivity index (χ4v) is 11.1. The summed E-state index contributed by atoms with van der Waals surface area (Å²) in [7, 11) is -2.69. The van der Waals surface area contributed by atoms with Gasteiger partial charge in [0.2, 0.25) is 27.7 Å². The summed E-state index contributed by atoms with van der Waals surface area (Å²) in [5.74, 6) is -3.28.